The van der Waals surface area contributed by atoms with E-state index >= 15 is 0 Å². The Hall–Kier alpha value is -1.58. The number of hydrogen-bond acceptors (Lipinski definition) is 3. The normalized spacial score (nSPS) is 13.8. The molecule has 1 aromatic heterocycles. The van der Waals surface area contributed by atoms with Crippen LogP contribution in [0.3, 0.4) is 0 Å². The Kier molecular flexibility index (Phi) is 3.17. The highest BCUT2D eigenvalue weighted by Gasteiger charge is 2.09. The highest BCUT2D eigenvalue weighted by Crippen LogP contribution is 2.17. The molecular formula is C15H18N2O. The van der Waals surface area contributed by atoms with E-state index in [0.717, 1.165) is 37.7 Å². The number of nitrogens with one attached hydrogen (secondary N) is 2. The first-order valence-corrected chi connectivity index (χ1v) is 6.39. The van der Waals surface area contributed by atoms with Crippen molar-refractivity contribution in [3.05, 3.63) is 58.5 Å². The fourth-order valence-corrected chi connectivity index (χ4v) is 2.37. The van der Waals surface area contributed by atoms with Gasteiger partial charge < -0.3 is 15.1 Å². The fraction of sp³-hybridized carbons (Fsp3) is 0.333. The molecule has 3 rings (SSSR count). The van der Waals surface area contributed by atoms with Gasteiger partial charge in [0.2, 0.25) is 0 Å². The van der Waals surface area contributed by atoms with E-state index in [2.05, 4.69) is 28.8 Å². The fourth-order valence-electron chi connectivity index (χ4n) is 2.37. The second kappa shape index (κ2) is 4.96. The lowest BCUT2D eigenvalue weighted by molar-refractivity contribution is 0.461. The lowest BCUT2D eigenvalue weighted by atomic mass is 10.1. The van der Waals surface area contributed by atoms with Gasteiger partial charge in [-0.05, 0) is 35.7 Å². The van der Waals surface area contributed by atoms with Crippen LogP contribution < -0.4 is 10.6 Å². The minimum Gasteiger partial charge on any atom is -0.465 e. The van der Waals surface area contributed by atoms with Crippen molar-refractivity contribution in [3.63, 3.8) is 0 Å². The average molecular weight is 242 g/mol. The number of aryl methyl sites for hydroxylation is 1. The molecule has 3 nitrogen and oxygen atoms in total. The molecule has 0 saturated carbocycles. The molecule has 1 aromatic carbocycles. The van der Waals surface area contributed by atoms with Crippen LogP contribution in [0.15, 0.2) is 34.7 Å². The number of benzene rings is 1. The maximum Gasteiger partial charge on any atom is 0.117 e. The quantitative estimate of drug-likeness (QED) is 0.865. The van der Waals surface area contributed by atoms with E-state index in [1.807, 2.05) is 19.1 Å². The summed E-state index contributed by atoms with van der Waals surface area (Å²) in [6.45, 7) is 5.64. The molecule has 2 aromatic rings. The van der Waals surface area contributed by atoms with Gasteiger partial charge in [0, 0.05) is 19.6 Å². The summed E-state index contributed by atoms with van der Waals surface area (Å²) >= 11 is 0. The van der Waals surface area contributed by atoms with Crippen molar-refractivity contribution in [1.29, 1.82) is 0 Å². The highest BCUT2D eigenvalue weighted by atomic mass is 16.3. The topological polar surface area (TPSA) is 37.2 Å². The van der Waals surface area contributed by atoms with Crippen LogP contribution >= 0.6 is 0 Å². The molecule has 0 amide bonds. The zero-order chi connectivity index (χ0) is 12.4. The number of hydrogen-bond donors (Lipinski definition) is 2. The van der Waals surface area contributed by atoms with Gasteiger partial charge in [0.15, 0.2) is 0 Å². The molecule has 1 aliphatic rings. The first-order valence-electron chi connectivity index (χ1n) is 6.39. The monoisotopic (exact) mass is 242 g/mol. The Morgan fingerprint density at radius 2 is 2.00 bits per heavy atom. The van der Waals surface area contributed by atoms with Crippen LogP contribution in [0.5, 0.6) is 0 Å². The first-order chi connectivity index (χ1) is 8.81. The van der Waals surface area contributed by atoms with Crippen molar-refractivity contribution in [2.75, 3.05) is 0 Å². The van der Waals surface area contributed by atoms with Gasteiger partial charge in [0.1, 0.15) is 11.5 Å². The minimum atomic E-state index is 0.781. The highest BCUT2D eigenvalue weighted by molar-refractivity contribution is 5.34. The summed E-state index contributed by atoms with van der Waals surface area (Å²) in [5.74, 6) is 1.96. The van der Waals surface area contributed by atoms with Gasteiger partial charge in [-0.3, -0.25) is 0 Å². The van der Waals surface area contributed by atoms with E-state index in [1.165, 1.54) is 16.7 Å². The van der Waals surface area contributed by atoms with Crippen LogP contribution in [0.2, 0.25) is 0 Å². The second-order valence-corrected chi connectivity index (χ2v) is 4.82. The van der Waals surface area contributed by atoms with Crippen molar-refractivity contribution in [2.24, 2.45) is 0 Å². The van der Waals surface area contributed by atoms with Gasteiger partial charge in [-0.15, -0.1) is 0 Å². The third-order valence-corrected chi connectivity index (χ3v) is 3.33. The Bertz CT molecular complexity index is 545. The largest absolute Gasteiger partial charge is 0.465 e. The summed E-state index contributed by atoms with van der Waals surface area (Å²) < 4.78 is 5.52. The summed E-state index contributed by atoms with van der Waals surface area (Å²) in [6.07, 6.45) is 0. The van der Waals surface area contributed by atoms with Crippen LogP contribution in [0.4, 0.5) is 0 Å². The smallest absolute Gasteiger partial charge is 0.117 e. The van der Waals surface area contributed by atoms with Crippen LogP contribution in [0.1, 0.15) is 28.2 Å². The minimum absolute atomic E-state index is 0.781. The number of furan rings is 1. The second-order valence-electron chi connectivity index (χ2n) is 4.82. The standard InChI is InChI=1S/C15H18N2O/c1-11-2-5-15(18-11)10-16-7-12-3-4-13-8-17-9-14(13)6-12/h2-6,16-17H,7-10H2,1H3. The molecule has 0 radical (unpaired) electrons. The molecule has 3 heteroatoms. The van der Waals surface area contributed by atoms with Crippen LogP contribution in [0, 0.1) is 6.92 Å². The van der Waals surface area contributed by atoms with E-state index in [1.54, 1.807) is 0 Å². The SMILES string of the molecule is Cc1ccc(CNCc2ccc3c(c2)CNC3)o1. The maximum atomic E-state index is 5.52. The summed E-state index contributed by atoms with van der Waals surface area (Å²) in [4.78, 5) is 0. The van der Waals surface area contributed by atoms with E-state index in [-0.39, 0.29) is 0 Å². The summed E-state index contributed by atoms with van der Waals surface area (Å²) in [6, 6.07) is 10.7. The van der Waals surface area contributed by atoms with Crippen LogP contribution in [-0.2, 0) is 26.2 Å². The van der Waals surface area contributed by atoms with Crippen molar-refractivity contribution in [1.82, 2.24) is 10.6 Å². The lowest BCUT2D eigenvalue weighted by Gasteiger charge is -2.05. The van der Waals surface area contributed by atoms with Gasteiger partial charge in [-0.2, -0.15) is 0 Å². The zero-order valence-corrected chi connectivity index (χ0v) is 10.6. The average Bonchev–Trinajstić information content (AvgIpc) is 2.97. The molecule has 0 aliphatic carbocycles. The van der Waals surface area contributed by atoms with Crippen molar-refractivity contribution in [3.8, 4) is 0 Å². The number of fused-ring (bicyclic) bond motifs is 1. The van der Waals surface area contributed by atoms with Gasteiger partial charge in [-0.25, -0.2) is 0 Å². The molecule has 0 unspecified atom stereocenters. The molecule has 0 spiro atoms. The van der Waals surface area contributed by atoms with E-state index in [0.29, 0.717) is 0 Å². The summed E-state index contributed by atoms with van der Waals surface area (Å²) in [7, 11) is 0. The molecule has 2 heterocycles. The van der Waals surface area contributed by atoms with Gasteiger partial charge in [0.25, 0.3) is 0 Å². The molecule has 1 aliphatic heterocycles. The summed E-state index contributed by atoms with van der Waals surface area (Å²) in [5.41, 5.74) is 4.20. The first kappa shape index (κ1) is 11.5. The predicted octanol–water partition coefficient (Wildman–Crippen LogP) is 2.48. The Morgan fingerprint density at radius 1 is 1.11 bits per heavy atom. The van der Waals surface area contributed by atoms with Crippen LogP contribution in [0.25, 0.3) is 0 Å². The molecule has 0 atom stereocenters. The van der Waals surface area contributed by atoms with Gasteiger partial charge in [0.05, 0.1) is 6.54 Å². The molecular weight excluding hydrogens is 224 g/mol. The Balaban J connectivity index is 1.57. The third-order valence-electron chi connectivity index (χ3n) is 3.33. The zero-order valence-electron chi connectivity index (χ0n) is 10.6. The third kappa shape index (κ3) is 2.47. The van der Waals surface area contributed by atoms with Gasteiger partial charge in [-0.1, -0.05) is 18.2 Å². The Morgan fingerprint density at radius 3 is 2.83 bits per heavy atom. The summed E-state index contributed by atoms with van der Waals surface area (Å²) in [5, 5.41) is 6.77. The maximum absolute atomic E-state index is 5.52. The van der Waals surface area contributed by atoms with Crippen LogP contribution in [-0.4, -0.2) is 0 Å². The van der Waals surface area contributed by atoms with Gasteiger partial charge >= 0.3 is 0 Å². The molecule has 0 fully saturated rings. The predicted molar refractivity (Wildman–Crippen MR) is 71.0 cm³/mol. The van der Waals surface area contributed by atoms with Crippen molar-refractivity contribution >= 4 is 0 Å². The number of rotatable bonds is 4. The Labute approximate surface area is 107 Å². The molecule has 0 bridgehead atoms. The van der Waals surface area contributed by atoms with E-state index in [4.69, 9.17) is 4.42 Å². The molecule has 18 heavy (non-hydrogen) atoms. The molecule has 94 valence electrons. The van der Waals surface area contributed by atoms with Crippen molar-refractivity contribution in [2.45, 2.75) is 33.1 Å². The lowest BCUT2D eigenvalue weighted by Crippen LogP contribution is -2.12. The van der Waals surface area contributed by atoms with E-state index < -0.39 is 0 Å². The molecule has 2 N–H and O–H groups in total. The molecule has 0 saturated heterocycles. The van der Waals surface area contributed by atoms with Crippen molar-refractivity contribution < 1.29 is 4.42 Å². The van der Waals surface area contributed by atoms with E-state index in [9.17, 15) is 0 Å².